The molecular weight excluding hydrogens is 290 g/mol. The quantitative estimate of drug-likeness (QED) is 0.738. The maximum atomic E-state index is 12.4. The molecule has 4 nitrogen and oxygen atoms in total. The van der Waals surface area contributed by atoms with E-state index >= 15 is 0 Å². The minimum absolute atomic E-state index is 0.0985. The molecule has 4 heteroatoms. The van der Waals surface area contributed by atoms with E-state index in [1.165, 1.54) is 6.07 Å². The van der Waals surface area contributed by atoms with Crippen molar-refractivity contribution in [2.45, 2.75) is 13.8 Å². The smallest absolute Gasteiger partial charge is 0.193 e. The van der Waals surface area contributed by atoms with Crippen LogP contribution in [-0.4, -0.2) is 6.61 Å². The van der Waals surface area contributed by atoms with Gasteiger partial charge in [0.05, 0.1) is 12.0 Å². The van der Waals surface area contributed by atoms with Crippen LogP contribution < -0.4 is 15.9 Å². The lowest BCUT2D eigenvalue weighted by atomic mass is 10.1. The second-order valence-electron chi connectivity index (χ2n) is 5.96. The molecule has 3 aromatic rings. The summed E-state index contributed by atoms with van der Waals surface area (Å²) in [5.74, 6) is 1.61. The fourth-order valence-electron chi connectivity index (χ4n) is 2.32. The van der Waals surface area contributed by atoms with Gasteiger partial charge in [0.1, 0.15) is 17.1 Å². The lowest BCUT2D eigenvalue weighted by Gasteiger charge is -2.09. The number of ether oxygens (including phenoxy) is 1. The van der Waals surface area contributed by atoms with Gasteiger partial charge in [0, 0.05) is 17.3 Å². The number of rotatable bonds is 4. The average Bonchev–Trinajstić information content (AvgIpc) is 2.53. The highest BCUT2D eigenvalue weighted by Gasteiger charge is 2.09. The Balaban J connectivity index is 2.03. The maximum Gasteiger partial charge on any atom is 0.193 e. The Morgan fingerprint density at radius 3 is 2.70 bits per heavy atom. The zero-order valence-electron chi connectivity index (χ0n) is 13.2. The van der Waals surface area contributed by atoms with Crippen molar-refractivity contribution < 1.29 is 9.15 Å². The third kappa shape index (κ3) is 3.37. The van der Waals surface area contributed by atoms with Crippen molar-refractivity contribution in [2.24, 2.45) is 5.92 Å². The highest BCUT2D eigenvalue weighted by Crippen LogP contribution is 2.25. The van der Waals surface area contributed by atoms with E-state index < -0.39 is 0 Å². The minimum atomic E-state index is -0.0985. The SMILES string of the molecule is CC(C)COc1ccc2oc(-c3cccc(N)c3)cc(=O)c2c1. The van der Waals surface area contributed by atoms with E-state index in [4.69, 9.17) is 14.9 Å². The summed E-state index contributed by atoms with van der Waals surface area (Å²) >= 11 is 0. The van der Waals surface area contributed by atoms with Gasteiger partial charge in [-0.15, -0.1) is 0 Å². The van der Waals surface area contributed by atoms with Crippen molar-refractivity contribution in [1.29, 1.82) is 0 Å². The van der Waals surface area contributed by atoms with Crippen molar-refractivity contribution in [3.05, 3.63) is 58.8 Å². The van der Waals surface area contributed by atoms with Crippen LogP contribution in [0.4, 0.5) is 5.69 Å². The fourth-order valence-corrected chi connectivity index (χ4v) is 2.32. The van der Waals surface area contributed by atoms with Crippen LogP contribution in [0.2, 0.25) is 0 Å². The molecule has 0 spiro atoms. The van der Waals surface area contributed by atoms with E-state index in [9.17, 15) is 4.79 Å². The normalized spacial score (nSPS) is 11.1. The standard InChI is InChI=1S/C19H19NO3/c1-12(2)11-22-15-6-7-18-16(9-15)17(21)10-19(23-18)13-4-3-5-14(20)8-13/h3-10,12H,11,20H2,1-2H3. The van der Waals surface area contributed by atoms with E-state index in [1.807, 2.05) is 18.2 Å². The van der Waals surface area contributed by atoms with Gasteiger partial charge in [0.25, 0.3) is 0 Å². The highest BCUT2D eigenvalue weighted by molar-refractivity contribution is 5.80. The summed E-state index contributed by atoms with van der Waals surface area (Å²) in [6.07, 6.45) is 0. The Bertz CT molecular complexity index is 897. The summed E-state index contributed by atoms with van der Waals surface area (Å²) in [6, 6.07) is 14.1. The molecule has 23 heavy (non-hydrogen) atoms. The van der Waals surface area contributed by atoms with E-state index in [2.05, 4.69) is 13.8 Å². The first-order valence-electron chi connectivity index (χ1n) is 7.59. The average molecular weight is 309 g/mol. The van der Waals surface area contributed by atoms with Crippen LogP contribution in [0.5, 0.6) is 5.75 Å². The van der Waals surface area contributed by atoms with Gasteiger partial charge in [-0.3, -0.25) is 4.79 Å². The molecule has 0 amide bonds. The molecule has 0 saturated carbocycles. The minimum Gasteiger partial charge on any atom is -0.493 e. The molecule has 0 saturated heterocycles. The molecule has 0 atom stereocenters. The van der Waals surface area contributed by atoms with Crippen LogP contribution in [0.1, 0.15) is 13.8 Å². The molecule has 118 valence electrons. The van der Waals surface area contributed by atoms with Gasteiger partial charge < -0.3 is 14.9 Å². The van der Waals surface area contributed by atoms with E-state index in [1.54, 1.807) is 24.3 Å². The number of fused-ring (bicyclic) bond motifs is 1. The van der Waals surface area contributed by atoms with Crippen LogP contribution in [0.3, 0.4) is 0 Å². The van der Waals surface area contributed by atoms with E-state index in [0.29, 0.717) is 40.7 Å². The van der Waals surface area contributed by atoms with Crippen molar-refractivity contribution in [3.63, 3.8) is 0 Å². The molecule has 0 aliphatic carbocycles. The molecule has 1 aromatic heterocycles. The maximum absolute atomic E-state index is 12.4. The van der Waals surface area contributed by atoms with Gasteiger partial charge in [-0.05, 0) is 36.2 Å². The first-order valence-corrected chi connectivity index (χ1v) is 7.59. The first-order chi connectivity index (χ1) is 11.0. The van der Waals surface area contributed by atoms with Crippen molar-refractivity contribution in [3.8, 4) is 17.1 Å². The Kier molecular flexibility index (Phi) is 4.06. The molecule has 0 fully saturated rings. The second kappa shape index (κ2) is 6.16. The third-order valence-electron chi connectivity index (χ3n) is 3.45. The molecule has 2 aromatic carbocycles. The van der Waals surface area contributed by atoms with Crippen LogP contribution in [0.25, 0.3) is 22.3 Å². The number of nitrogen functional groups attached to an aromatic ring is 1. The number of benzene rings is 2. The molecule has 0 aliphatic rings. The molecule has 2 N–H and O–H groups in total. The molecule has 3 rings (SSSR count). The summed E-state index contributed by atoms with van der Waals surface area (Å²) in [5.41, 5.74) is 7.63. The number of nitrogens with two attached hydrogens (primary N) is 1. The van der Waals surface area contributed by atoms with E-state index in [-0.39, 0.29) is 5.43 Å². The van der Waals surface area contributed by atoms with Gasteiger partial charge in [-0.1, -0.05) is 26.0 Å². The predicted molar refractivity (Wildman–Crippen MR) is 92.7 cm³/mol. The highest BCUT2D eigenvalue weighted by atomic mass is 16.5. The summed E-state index contributed by atoms with van der Waals surface area (Å²) in [5, 5.41) is 0.513. The van der Waals surface area contributed by atoms with Gasteiger partial charge >= 0.3 is 0 Å². The molecule has 0 bridgehead atoms. The van der Waals surface area contributed by atoms with Gasteiger partial charge in [0.2, 0.25) is 0 Å². The summed E-state index contributed by atoms with van der Waals surface area (Å²) in [4.78, 5) is 12.4. The van der Waals surface area contributed by atoms with Gasteiger partial charge in [0.15, 0.2) is 5.43 Å². The van der Waals surface area contributed by atoms with Crippen molar-refractivity contribution in [1.82, 2.24) is 0 Å². The second-order valence-corrected chi connectivity index (χ2v) is 5.96. The monoisotopic (exact) mass is 309 g/mol. The molecule has 1 heterocycles. The van der Waals surface area contributed by atoms with Crippen molar-refractivity contribution in [2.75, 3.05) is 12.3 Å². The zero-order valence-corrected chi connectivity index (χ0v) is 13.2. The molecule has 0 unspecified atom stereocenters. The topological polar surface area (TPSA) is 65.5 Å². The van der Waals surface area contributed by atoms with Crippen molar-refractivity contribution >= 4 is 16.7 Å². The molecule has 0 radical (unpaired) electrons. The zero-order chi connectivity index (χ0) is 16.4. The van der Waals surface area contributed by atoms with Gasteiger partial charge in [-0.2, -0.15) is 0 Å². The summed E-state index contributed by atoms with van der Waals surface area (Å²) < 4.78 is 11.5. The lowest BCUT2D eigenvalue weighted by Crippen LogP contribution is -2.05. The Morgan fingerprint density at radius 2 is 1.96 bits per heavy atom. The number of anilines is 1. The molecule has 0 aliphatic heterocycles. The summed E-state index contributed by atoms with van der Waals surface area (Å²) in [6.45, 7) is 4.76. The fraction of sp³-hybridized carbons (Fsp3) is 0.211. The first kappa shape index (κ1) is 15.2. The lowest BCUT2D eigenvalue weighted by molar-refractivity contribution is 0.271. The Labute approximate surface area is 134 Å². The van der Waals surface area contributed by atoms with Gasteiger partial charge in [-0.25, -0.2) is 0 Å². The summed E-state index contributed by atoms with van der Waals surface area (Å²) in [7, 11) is 0. The van der Waals surface area contributed by atoms with Crippen LogP contribution in [-0.2, 0) is 0 Å². The Morgan fingerprint density at radius 1 is 1.13 bits per heavy atom. The van der Waals surface area contributed by atoms with E-state index in [0.717, 1.165) is 5.56 Å². The third-order valence-corrected chi connectivity index (χ3v) is 3.45. The Hall–Kier alpha value is -2.75. The predicted octanol–water partition coefficient (Wildman–Crippen LogP) is 4.08. The van der Waals surface area contributed by atoms with Crippen LogP contribution in [0, 0.1) is 5.92 Å². The van der Waals surface area contributed by atoms with Crippen LogP contribution >= 0.6 is 0 Å². The van der Waals surface area contributed by atoms with Crippen LogP contribution in [0.15, 0.2) is 57.7 Å². The number of hydrogen-bond donors (Lipinski definition) is 1. The largest absolute Gasteiger partial charge is 0.493 e. The molecular formula is C19H19NO3. The number of hydrogen-bond acceptors (Lipinski definition) is 4.